The summed E-state index contributed by atoms with van der Waals surface area (Å²) < 4.78 is 75.0. The van der Waals surface area contributed by atoms with E-state index in [1.165, 1.54) is 30.7 Å². The molecule has 1 spiro atoms. The van der Waals surface area contributed by atoms with Crippen molar-refractivity contribution < 1.29 is 31.4 Å². The molecule has 43 heavy (non-hydrogen) atoms. The molecule has 5 rings (SSSR count). The van der Waals surface area contributed by atoms with Gasteiger partial charge in [0.1, 0.15) is 18.2 Å². The van der Waals surface area contributed by atoms with Crippen LogP contribution < -0.4 is 11.0 Å². The number of rotatable bonds is 8. The van der Waals surface area contributed by atoms with Crippen molar-refractivity contribution in [3.05, 3.63) is 68.9 Å². The van der Waals surface area contributed by atoms with Crippen LogP contribution in [0.25, 0.3) is 10.9 Å². The minimum absolute atomic E-state index is 0.0362. The Balaban J connectivity index is 1.60. The molecule has 0 unspecified atom stereocenters. The average Bonchev–Trinajstić information content (AvgIpc) is 2.95. The molecule has 1 aromatic heterocycles. The number of halogens is 3. The highest BCUT2D eigenvalue weighted by Gasteiger charge is 2.53. The highest BCUT2D eigenvalue weighted by Crippen LogP contribution is 2.53. The summed E-state index contributed by atoms with van der Waals surface area (Å²) in [5.41, 5.74) is -1.02. The van der Waals surface area contributed by atoms with Crippen LogP contribution in [-0.2, 0) is 39.6 Å². The van der Waals surface area contributed by atoms with Gasteiger partial charge in [0.25, 0.3) is 5.92 Å². The van der Waals surface area contributed by atoms with Crippen molar-refractivity contribution in [1.29, 1.82) is 5.26 Å². The quantitative estimate of drug-likeness (QED) is 0.383. The standard InChI is InChI=1S/C30H33F3N4O5S/c1-18(21-5-4-6-23(24(21)31)30(32,33)15-38)35-26-22-14-20(13-19(7-12-34)25(22)37(2)27(39)36-26)29(42-3)10-8-28(9-11-29)16-43(40,41)17-28/h4-6,13-14,18,38H,7-11,15-17H2,1-3H3,(H,35,36,39)/t18-/m1/s1. The summed E-state index contributed by atoms with van der Waals surface area (Å²) in [6.45, 7) is -0.0209. The van der Waals surface area contributed by atoms with Crippen LogP contribution in [0.5, 0.6) is 0 Å². The Morgan fingerprint density at radius 1 is 1.23 bits per heavy atom. The fourth-order valence-electron chi connectivity index (χ4n) is 6.70. The summed E-state index contributed by atoms with van der Waals surface area (Å²) in [5, 5.41) is 22.2. The Labute approximate surface area is 247 Å². The number of nitrogens with zero attached hydrogens (tertiary/aromatic N) is 3. The number of fused-ring (bicyclic) bond motifs is 1. The van der Waals surface area contributed by atoms with Crippen LogP contribution in [0, 0.1) is 22.6 Å². The number of nitriles is 1. The van der Waals surface area contributed by atoms with Gasteiger partial charge >= 0.3 is 5.69 Å². The van der Waals surface area contributed by atoms with E-state index in [4.69, 9.17) is 9.84 Å². The van der Waals surface area contributed by atoms with Gasteiger partial charge < -0.3 is 15.2 Å². The van der Waals surface area contributed by atoms with Crippen LogP contribution in [0.1, 0.15) is 60.9 Å². The van der Waals surface area contributed by atoms with Crippen LogP contribution >= 0.6 is 0 Å². The van der Waals surface area contributed by atoms with E-state index in [9.17, 15) is 27.3 Å². The molecule has 1 atom stereocenters. The predicted molar refractivity (Wildman–Crippen MR) is 154 cm³/mol. The number of nitrogens with one attached hydrogen (secondary N) is 1. The van der Waals surface area contributed by atoms with Gasteiger partial charge in [-0.15, -0.1) is 0 Å². The van der Waals surface area contributed by atoms with Gasteiger partial charge in [-0.25, -0.2) is 17.6 Å². The minimum Gasteiger partial charge on any atom is -0.390 e. The molecule has 230 valence electrons. The van der Waals surface area contributed by atoms with E-state index in [2.05, 4.69) is 16.4 Å². The number of hydrogen-bond acceptors (Lipinski definition) is 8. The highest BCUT2D eigenvalue weighted by atomic mass is 32.2. The second-order valence-electron chi connectivity index (χ2n) is 11.8. The fraction of sp³-hybridized carbons (Fsp3) is 0.500. The van der Waals surface area contributed by atoms with Crippen molar-refractivity contribution in [3.63, 3.8) is 0 Å². The normalized spacial score (nSPS) is 19.5. The van der Waals surface area contributed by atoms with Gasteiger partial charge in [0.05, 0.1) is 46.7 Å². The second kappa shape index (κ2) is 10.9. The molecule has 2 N–H and O–H groups in total. The molecule has 2 heterocycles. The van der Waals surface area contributed by atoms with E-state index in [0.29, 0.717) is 42.1 Å². The molecule has 0 bridgehead atoms. The lowest BCUT2D eigenvalue weighted by Crippen LogP contribution is -2.53. The fourth-order valence-corrected chi connectivity index (χ4v) is 9.06. The maximum Gasteiger partial charge on any atom is 0.349 e. The lowest BCUT2D eigenvalue weighted by molar-refractivity contribution is -0.0677. The number of aryl methyl sites for hydroxylation is 1. The number of aromatic nitrogens is 2. The first-order chi connectivity index (χ1) is 20.2. The van der Waals surface area contributed by atoms with Crippen molar-refractivity contribution >= 4 is 26.6 Å². The van der Waals surface area contributed by atoms with Gasteiger partial charge in [0.2, 0.25) is 0 Å². The summed E-state index contributed by atoms with van der Waals surface area (Å²) in [5.74, 6) is -4.57. The molecule has 2 aliphatic rings. The van der Waals surface area contributed by atoms with Gasteiger partial charge in [-0.2, -0.15) is 19.0 Å². The summed E-state index contributed by atoms with van der Waals surface area (Å²) in [6.07, 6.45) is 2.35. The SMILES string of the molecule is COC1(c2cc(CC#N)c3c(c2)c(N[C@H](C)c2cccc(C(F)(F)CO)c2F)nc(=O)n3C)CCC2(CC1)CS(=O)(=O)C2. The summed E-state index contributed by atoms with van der Waals surface area (Å²) >= 11 is 0. The third-order valence-electron chi connectivity index (χ3n) is 9.07. The topological polar surface area (TPSA) is 134 Å². The predicted octanol–water partition coefficient (Wildman–Crippen LogP) is 4.23. The number of aliphatic hydroxyl groups excluding tert-OH is 1. The zero-order valence-corrected chi connectivity index (χ0v) is 24.9. The van der Waals surface area contributed by atoms with Gasteiger partial charge in [-0.05, 0) is 67.3 Å². The van der Waals surface area contributed by atoms with Crippen LogP contribution in [0.3, 0.4) is 0 Å². The molecular weight excluding hydrogens is 585 g/mol. The van der Waals surface area contributed by atoms with Crippen molar-refractivity contribution in [3.8, 4) is 6.07 Å². The third-order valence-corrected chi connectivity index (χ3v) is 11.2. The van der Waals surface area contributed by atoms with Gasteiger partial charge in [0.15, 0.2) is 9.84 Å². The number of benzene rings is 2. The highest BCUT2D eigenvalue weighted by molar-refractivity contribution is 7.92. The van der Waals surface area contributed by atoms with Crippen molar-refractivity contribution in [2.24, 2.45) is 12.5 Å². The Bertz CT molecular complexity index is 1780. The van der Waals surface area contributed by atoms with E-state index >= 15 is 4.39 Å². The molecule has 13 heteroatoms. The maximum atomic E-state index is 15.3. The second-order valence-corrected chi connectivity index (χ2v) is 13.9. The number of anilines is 1. The molecule has 1 saturated carbocycles. The number of alkyl halides is 2. The summed E-state index contributed by atoms with van der Waals surface area (Å²) in [4.78, 5) is 17.1. The van der Waals surface area contributed by atoms with E-state index in [1.807, 2.05) is 12.1 Å². The maximum absolute atomic E-state index is 15.3. The lowest BCUT2D eigenvalue weighted by atomic mass is 9.67. The molecular formula is C30H33F3N4O5S. The molecule has 9 nitrogen and oxygen atoms in total. The smallest absolute Gasteiger partial charge is 0.349 e. The summed E-state index contributed by atoms with van der Waals surface area (Å²) in [7, 11) is 0.0999. The molecule has 3 aromatic rings. The Kier molecular flexibility index (Phi) is 7.86. The molecule has 1 saturated heterocycles. The molecule has 1 aliphatic carbocycles. The minimum atomic E-state index is -3.79. The Hall–Kier alpha value is -3.47. The van der Waals surface area contributed by atoms with Crippen molar-refractivity contribution in [1.82, 2.24) is 9.55 Å². The van der Waals surface area contributed by atoms with Crippen LogP contribution in [0.15, 0.2) is 35.1 Å². The number of sulfone groups is 1. The van der Waals surface area contributed by atoms with E-state index < -0.39 is 51.1 Å². The van der Waals surface area contributed by atoms with Gasteiger partial charge in [-0.3, -0.25) is 4.57 Å². The number of hydrogen-bond donors (Lipinski definition) is 2. The monoisotopic (exact) mass is 618 g/mol. The van der Waals surface area contributed by atoms with E-state index in [0.717, 1.165) is 11.6 Å². The Morgan fingerprint density at radius 3 is 2.49 bits per heavy atom. The Morgan fingerprint density at radius 2 is 1.91 bits per heavy atom. The summed E-state index contributed by atoms with van der Waals surface area (Å²) in [6, 6.07) is 8.36. The zero-order valence-electron chi connectivity index (χ0n) is 24.1. The molecule has 0 amide bonds. The van der Waals surface area contributed by atoms with E-state index in [1.54, 1.807) is 7.11 Å². The molecule has 1 aliphatic heterocycles. The van der Waals surface area contributed by atoms with Crippen LogP contribution in [-0.4, -0.2) is 48.3 Å². The lowest BCUT2D eigenvalue weighted by Gasteiger charge is -2.50. The first-order valence-corrected chi connectivity index (χ1v) is 15.7. The first-order valence-electron chi connectivity index (χ1n) is 13.9. The van der Waals surface area contributed by atoms with Crippen molar-refractivity contribution in [2.45, 2.75) is 56.6 Å². The average molecular weight is 619 g/mol. The third kappa shape index (κ3) is 5.41. The largest absolute Gasteiger partial charge is 0.390 e. The zero-order chi connectivity index (χ0) is 31.4. The van der Waals surface area contributed by atoms with Crippen LogP contribution in [0.4, 0.5) is 19.0 Å². The van der Waals surface area contributed by atoms with Crippen molar-refractivity contribution in [2.75, 3.05) is 30.5 Å². The molecule has 2 fully saturated rings. The van der Waals surface area contributed by atoms with Gasteiger partial charge in [0, 0.05) is 25.1 Å². The number of methoxy groups -OCH3 is 1. The molecule has 2 aromatic carbocycles. The first kappa shape index (κ1) is 31.0. The van der Waals surface area contributed by atoms with Crippen LogP contribution in [0.2, 0.25) is 0 Å². The number of aliphatic hydroxyl groups is 1. The molecule has 0 radical (unpaired) electrons. The van der Waals surface area contributed by atoms with Gasteiger partial charge in [-0.1, -0.05) is 12.1 Å². The van der Waals surface area contributed by atoms with E-state index in [-0.39, 0.29) is 34.7 Å². The number of ether oxygens (including phenoxy) is 1.